The molecule has 2 aromatic rings. The maximum atomic E-state index is 11.7. The van der Waals surface area contributed by atoms with Crippen molar-refractivity contribution in [2.24, 2.45) is 5.92 Å². The molecule has 19 heavy (non-hydrogen) atoms. The molecular formula is C13H14ClN3O2. The summed E-state index contributed by atoms with van der Waals surface area (Å²) in [7, 11) is 0. The first-order valence-corrected chi connectivity index (χ1v) is 6.31. The minimum atomic E-state index is -0.366. The molecule has 6 heteroatoms. The van der Waals surface area contributed by atoms with Crippen LogP contribution in [0.4, 0.5) is 0 Å². The normalized spacial score (nSPS) is 10.7. The topological polar surface area (TPSA) is 68.0 Å². The van der Waals surface area contributed by atoms with Crippen molar-refractivity contribution in [3.05, 3.63) is 35.2 Å². The Morgan fingerprint density at radius 3 is 2.89 bits per heavy atom. The molecular weight excluding hydrogens is 266 g/mol. The maximum Gasteiger partial charge on any atom is 0.308 e. The second kappa shape index (κ2) is 5.84. The average molecular weight is 280 g/mol. The minimum Gasteiger partial charge on any atom is -0.412 e. The summed E-state index contributed by atoms with van der Waals surface area (Å²) in [5.74, 6) is 0.224. The van der Waals surface area contributed by atoms with E-state index in [-0.39, 0.29) is 17.7 Å². The summed E-state index contributed by atoms with van der Waals surface area (Å²) in [4.78, 5) is 11.7. The molecule has 0 radical (unpaired) electrons. The van der Waals surface area contributed by atoms with Crippen molar-refractivity contribution in [2.75, 3.05) is 6.54 Å². The lowest BCUT2D eigenvalue weighted by atomic mass is 10.2. The van der Waals surface area contributed by atoms with Gasteiger partial charge >= 0.3 is 11.8 Å². The van der Waals surface area contributed by atoms with Crippen molar-refractivity contribution in [3.63, 3.8) is 0 Å². The van der Waals surface area contributed by atoms with E-state index >= 15 is 0 Å². The lowest BCUT2D eigenvalue weighted by Gasteiger charge is -2.04. The molecule has 1 amide bonds. The Labute approximate surface area is 116 Å². The molecule has 0 saturated heterocycles. The van der Waals surface area contributed by atoms with Crippen LogP contribution in [-0.4, -0.2) is 22.6 Å². The Morgan fingerprint density at radius 2 is 2.21 bits per heavy atom. The summed E-state index contributed by atoms with van der Waals surface area (Å²) in [6, 6.07) is 7.01. The van der Waals surface area contributed by atoms with Crippen LogP contribution in [0, 0.1) is 5.92 Å². The second-order valence-electron chi connectivity index (χ2n) is 4.53. The number of rotatable bonds is 4. The molecule has 5 nitrogen and oxygen atoms in total. The van der Waals surface area contributed by atoms with Crippen LogP contribution in [0.3, 0.4) is 0 Å². The van der Waals surface area contributed by atoms with E-state index in [4.69, 9.17) is 16.0 Å². The zero-order valence-electron chi connectivity index (χ0n) is 10.7. The fourth-order valence-electron chi connectivity index (χ4n) is 1.43. The number of carbonyl (C=O) groups excluding carboxylic acids is 1. The predicted octanol–water partition coefficient (Wildman–Crippen LogP) is 2.78. The highest BCUT2D eigenvalue weighted by Gasteiger charge is 2.15. The molecule has 1 N–H and O–H groups in total. The first kappa shape index (κ1) is 13.5. The maximum absolute atomic E-state index is 11.7. The van der Waals surface area contributed by atoms with E-state index in [0.717, 1.165) is 0 Å². The largest absolute Gasteiger partial charge is 0.412 e. The third-order valence-electron chi connectivity index (χ3n) is 2.36. The number of amides is 1. The molecule has 0 spiro atoms. The monoisotopic (exact) mass is 279 g/mol. The number of carbonyl (C=O) groups is 1. The van der Waals surface area contributed by atoms with E-state index in [1.54, 1.807) is 24.3 Å². The summed E-state index contributed by atoms with van der Waals surface area (Å²) >= 11 is 5.88. The van der Waals surface area contributed by atoms with Crippen molar-refractivity contribution in [3.8, 4) is 11.5 Å². The Morgan fingerprint density at radius 1 is 1.42 bits per heavy atom. The Bertz CT molecular complexity index is 581. The molecule has 1 aromatic carbocycles. The van der Waals surface area contributed by atoms with Gasteiger partial charge in [0, 0.05) is 17.1 Å². The first-order chi connectivity index (χ1) is 9.06. The number of hydrogen-bond donors (Lipinski definition) is 1. The van der Waals surface area contributed by atoms with Gasteiger partial charge in [0.05, 0.1) is 0 Å². The van der Waals surface area contributed by atoms with Crippen molar-refractivity contribution in [1.29, 1.82) is 0 Å². The molecule has 2 rings (SSSR count). The lowest BCUT2D eigenvalue weighted by molar-refractivity contribution is 0.0915. The van der Waals surface area contributed by atoms with Crippen LogP contribution in [0.2, 0.25) is 5.02 Å². The van der Waals surface area contributed by atoms with Gasteiger partial charge in [0.2, 0.25) is 5.89 Å². The molecule has 0 saturated carbocycles. The summed E-state index contributed by atoms with van der Waals surface area (Å²) in [5, 5.41) is 10.9. The van der Waals surface area contributed by atoms with Crippen LogP contribution in [-0.2, 0) is 0 Å². The first-order valence-electron chi connectivity index (χ1n) is 5.94. The van der Waals surface area contributed by atoms with Crippen LogP contribution in [0.25, 0.3) is 11.5 Å². The highest BCUT2D eigenvalue weighted by Crippen LogP contribution is 2.21. The van der Waals surface area contributed by atoms with E-state index in [0.29, 0.717) is 23.0 Å². The predicted molar refractivity (Wildman–Crippen MR) is 71.9 cm³/mol. The molecule has 0 bridgehead atoms. The molecule has 0 aliphatic rings. The summed E-state index contributed by atoms with van der Waals surface area (Å²) in [6.45, 7) is 4.57. The molecule has 0 aliphatic carbocycles. The number of hydrogen-bond acceptors (Lipinski definition) is 4. The number of benzene rings is 1. The summed E-state index contributed by atoms with van der Waals surface area (Å²) in [6.07, 6.45) is 0. The summed E-state index contributed by atoms with van der Waals surface area (Å²) in [5.41, 5.74) is 0.683. The molecule has 100 valence electrons. The van der Waals surface area contributed by atoms with E-state index in [1.165, 1.54) is 0 Å². The lowest BCUT2D eigenvalue weighted by Crippen LogP contribution is -2.27. The standard InChI is InChI=1S/C13H14ClN3O2/c1-8(2)7-15-11(18)13-17-16-12(19-13)9-4-3-5-10(14)6-9/h3-6,8H,7H2,1-2H3,(H,15,18). The molecule has 0 atom stereocenters. The Hall–Kier alpha value is -1.88. The van der Waals surface area contributed by atoms with Crippen molar-refractivity contribution >= 4 is 17.5 Å². The third-order valence-corrected chi connectivity index (χ3v) is 2.60. The average Bonchev–Trinajstić information content (AvgIpc) is 2.85. The Balaban J connectivity index is 2.13. The molecule has 0 fully saturated rings. The molecule has 1 heterocycles. The van der Waals surface area contributed by atoms with Crippen molar-refractivity contribution in [1.82, 2.24) is 15.5 Å². The number of nitrogens with zero attached hydrogens (tertiary/aromatic N) is 2. The fourth-order valence-corrected chi connectivity index (χ4v) is 1.62. The quantitative estimate of drug-likeness (QED) is 0.934. The Kier molecular flexibility index (Phi) is 4.16. The smallest absolute Gasteiger partial charge is 0.308 e. The highest BCUT2D eigenvalue weighted by molar-refractivity contribution is 6.30. The fraction of sp³-hybridized carbons (Fsp3) is 0.308. The van der Waals surface area contributed by atoms with Crippen molar-refractivity contribution < 1.29 is 9.21 Å². The molecule has 1 aromatic heterocycles. The molecule has 0 aliphatic heterocycles. The zero-order valence-corrected chi connectivity index (χ0v) is 11.4. The van der Waals surface area contributed by atoms with Crippen LogP contribution >= 0.6 is 11.6 Å². The van der Waals surface area contributed by atoms with E-state index < -0.39 is 0 Å². The zero-order chi connectivity index (χ0) is 13.8. The van der Waals surface area contributed by atoms with Crippen LogP contribution in [0.1, 0.15) is 24.5 Å². The minimum absolute atomic E-state index is 0.0457. The van der Waals surface area contributed by atoms with Gasteiger partial charge in [-0.2, -0.15) is 0 Å². The van der Waals surface area contributed by atoms with Gasteiger partial charge in [0.1, 0.15) is 0 Å². The van der Waals surface area contributed by atoms with Crippen molar-refractivity contribution in [2.45, 2.75) is 13.8 Å². The van der Waals surface area contributed by atoms with E-state index in [2.05, 4.69) is 15.5 Å². The van der Waals surface area contributed by atoms with Gasteiger partial charge in [-0.3, -0.25) is 4.79 Å². The molecule has 0 unspecified atom stereocenters. The van der Waals surface area contributed by atoms with Gasteiger partial charge in [-0.1, -0.05) is 31.5 Å². The van der Waals surface area contributed by atoms with Crippen LogP contribution < -0.4 is 5.32 Å². The third kappa shape index (κ3) is 3.54. The van der Waals surface area contributed by atoms with Gasteiger partial charge in [0.25, 0.3) is 0 Å². The van der Waals surface area contributed by atoms with E-state index in [9.17, 15) is 4.79 Å². The van der Waals surface area contributed by atoms with Gasteiger partial charge in [-0.15, -0.1) is 10.2 Å². The van der Waals surface area contributed by atoms with Gasteiger partial charge < -0.3 is 9.73 Å². The summed E-state index contributed by atoms with van der Waals surface area (Å²) < 4.78 is 5.33. The number of nitrogens with one attached hydrogen (secondary N) is 1. The van der Waals surface area contributed by atoms with Crippen LogP contribution in [0.5, 0.6) is 0 Å². The number of halogens is 1. The van der Waals surface area contributed by atoms with Gasteiger partial charge in [-0.05, 0) is 24.1 Å². The second-order valence-corrected chi connectivity index (χ2v) is 4.96. The van der Waals surface area contributed by atoms with E-state index in [1.807, 2.05) is 13.8 Å². The van der Waals surface area contributed by atoms with Gasteiger partial charge in [0.15, 0.2) is 0 Å². The number of aromatic nitrogens is 2. The van der Waals surface area contributed by atoms with Gasteiger partial charge in [-0.25, -0.2) is 0 Å². The van der Waals surface area contributed by atoms with Crippen LogP contribution in [0.15, 0.2) is 28.7 Å². The SMILES string of the molecule is CC(C)CNC(=O)c1nnc(-c2cccc(Cl)c2)o1. The highest BCUT2D eigenvalue weighted by atomic mass is 35.5.